The molecule has 0 N–H and O–H groups in total. The number of benzene rings is 4. The summed E-state index contributed by atoms with van der Waals surface area (Å²) in [5, 5.41) is 0. The van der Waals surface area contributed by atoms with Crippen LogP contribution in [0.15, 0.2) is 77.3 Å². The molecule has 0 bridgehead atoms. The lowest BCUT2D eigenvalue weighted by atomic mass is 9.95. The SMILES string of the molecule is COc1ccc(Br)c(CCc2ccc(OC)c(-c3cc(CCc4ccc(OS(=O)(=O)C(F)(F)F)c(OC)c4)ccc3OC)c2)c1. The Morgan fingerprint density at radius 3 is 1.58 bits per heavy atom. The van der Waals surface area contributed by atoms with Crippen LogP contribution >= 0.6 is 15.9 Å². The van der Waals surface area contributed by atoms with Crippen molar-refractivity contribution in [1.29, 1.82) is 0 Å². The maximum absolute atomic E-state index is 12.8. The Labute approximate surface area is 269 Å². The second-order valence-electron chi connectivity index (χ2n) is 10.00. The molecule has 4 aromatic rings. The van der Waals surface area contributed by atoms with Crippen LogP contribution in [0, 0.1) is 0 Å². The van der Waals surface area contributed by atoms with Crippen molar-refractivity contribution in [3.05, 3.63) is 99.5 Å². The van der Waals surface area contributed by atoms with Crippen molar-refractivity contribution in [2.45, 2.75) is 31.2 Å². The molecule has 240 valence electrons. The summed E-state index contributed by atoms with van der Waals surface area (Å²) < 4.78 is 88.5. The van der Waals surface area contributed by atoms with Gasteiger partial charge in [0, 0.05) is 15.6 Å². The van der Waals surface area contributed by atoms with Gasteiger partial charge in [0.05, 0.1) is 28.4 Å². The Balaban J connectivity index is 1.57. The molecule has 0 aromatic heterocycles. The molecule has 0 saturated heterocycles. The van der Waals surface area contributed by atoms with Gasteiger partial charge in [-0.2, -0.15) is 21.6 Å². The minimum Gasteiger partial charge on any atom is -0.497 e. The molecule has 0 fully saturated rings. The molecule has 4 rings (SSSR count). The van der Waals surface area contributed by atoms with Crippen molar-refractivity contribution in [1.82, 2.24) is 0 Å². The zero-order chi connectivity index (χ0) is 32.8. The number of halogens is 4. The number of aryl methyl sites for hydroxylation is 4. The lowest BCUT2D eigenvalue weighted by molar-refractivity contribution is -0.0500. The molecular weight excluding hydrogens is 677 g/mol. The van der Waals surface area contributed by atoms with Crippen molar-refractivity contribution < 1.29 is 44.7 Å². The Hall–Kier alpha value is -3.90. The number of alkyl halides is 3. The molecule has 0 spiro atoms. The molecule has 12 heteroatoms. The molecule has 0 heterocycles. The summed E-state index contributed by atoms with van der Waals surface area (Å²) in [6, 6.07) is 21.9. The summed E-state index contributed by atoms with van der Waals surface area (Å²) in [7, 11) is 0.248. The standard InChI is InChI=1S/C33H32BrF3O7S/c1-40-25-12-13-28(34)24(20-25)11-7-22-9-15-30(42-3)27(18-22)26-17-21(8-14-29(26)41-2)5-6-23-10-16-31(32(19-23)43-4)44-45(38,39)33(35,36)37/h8-10,12-20H,5-7,11H2,1-4H3. The third-order valence-electron chi connectivity index (χ3n) is 7.17. The van der Waals surface area contributed by atoms with Crippen molar-refractivity contribution in [3.63, 3.8) is 0 Å². The molecule has 0 radical (unpaired) electrons. The van der Waals surface area contributed by atoms with Gasteiger partial charge in [0.25, 0.3) is 0 Å². The smallest absolute Gasteiger partial charge is 0.497 e. The minimum atomic E-state index is -5.83. The third-order valence-corrected chi connectivity index (χ3v) is 8.91. The number of rotatable bonds is 13. The number of ether oxygens (including phenoxy) is 4. The van der Waals surface area contributed by atoms with E-state index in [1.807, 2.05) is 48.5 Å². The van der Waals surface area contributed by atoms with Crippen LogP contribution in [0.2, 0.25) is 0 Å². The quantitative estimate of drug-likeness (QED) is 0.103. The first kappa shape index (κ1) is 34.0. The Kier molecular flexibility index (Phi) is 10.9. The molecule has 0 aliphatic carbocycles. The maximum Gasteiger partial charge on any atom is 0.534 e. The molecule has 0 unspecified atom stereocenters. The summed E-state index contributed by atoms with van der Waals surface area (Å²) in [6.07, 6.45) is 2.61. The molecule has 4 aromatic carbocycles. The molecule has 7 nitrogen and oxygen atoms in total. The first-order valence-corrected chi connectivity index (χ1v) is 15.9. The van der Waals surface area contributed by atoms with E-state index in [0.717, 1.165) is 56.9 Å². The van der Waals surface area contributed by atoms with E-state index in [2.05, 4.69) is 26.2 Å². The van der Waals surface area contributed by atoms with Crippen LogP contribution in [-0.4, -0.2) is 42.4 Å². The molecule has 0 aliphatic rings. The van der Waals surface area contributed by atoms with Crippen molar-refractivity contribution in [2.75, 3.05) is 28.4 Å². The number of methoxy groups -OCH3 is 4. The second-order valence-corrected chi connectivity index (χ2v) is 12.4. The Morgan fingerprint density at radius 1 is 0.600 bits per heavy atom. The van der Waals surface area contributed by atoms with Crippen LogP contribution < -0.4 is 23.1 Å². The summed E-state index contributed by atoms with van der Waals surface area (Å²) in [5.74, 6) is 1.47. The maximum atomic E-state index is 12.8. The topological polar surface area (TPSA) is 80.3 Å². The molecule has 0 atom stereocenters. The predicted octanol–water partition coefficient (Wildman–Crippen LogP) is 7.95. The van der Waals surface area contributed by atoms with E-state index in [-0.39, 0.29) is 5.75 Å². The third kappa shape index (κ3) is 8.23. The van der Waals surface area contributed by atoms with Crippen LogP contribution in [0.4, 0.5) is 13.2 Å². The highest BCUT2D eigenvalue weighted by Crippen LogP contribution is 2.39. The van der Waals surface area contributed by atoms with Gasteiger partial charge in [-0.15, -0.1) is 0 Å². The average molecular weight is 710 g/mol. The lowest BCUT2D eigenvalue weighted by Crippen LogP contribution is -2.28. The lowest BCUT2D eigenvalue weighted by Gasteiger charge is -2.16. The Bertz CT molecular complexity index is 1760. The van der Waals surface area contributed by atoms with E-state index in [4.69, 9.17) is 18.9 Å². The summed E-state index contributed by atoms with van der Waals surface area (Å²) >= 11 is 3.63. The molecule has 0 aliphatic heterocycles. The molecule has 45 heavy (non-hydrogen) atoms. The van der Waals surface area contributed by atoms with Crippen LogP contribution in [0.5, 0.6) is 28.7 Å². The van der Waals surface area contributed by atoms with Crippen molar-refractivity contribution in [2.24, 2.45) is 0 Å². The van der Waals surface area contributed by atoms with Crippen LogP contribution in [-0.2, 0) is 35.8 Å². The highest BCUT2D eigenvalue weighted by atomic mass is 79.9. The monoisotopic (exact) mass is 708 g/mol. The van der Waals surface area contributed by atoms with E-state index >= 15 is 0 Å². The van der Waals surface area contributed by atoms with Gasteiger partial charge in [0.15, 0.2) is 11.5 Å². The fourth-order valence-electron chi connectivity index (χ4n) is 4.78. The predicted molar refractivity (Wildman–Crippen MR) is 169 cm³/mol. The summed E-state index contributed by atoms with van der Waals surface area (Å²) in [5.41, 5.74) is 0.0709. The highest BCUT2D eigenvalue weighted by Gasteiger charge is 2.49. The van der Waals surface area contributed by atoms with Gasteiger partial charge in [0.2, 0.25) is 0 Å². The molecule has 0 saturated carbocycles. The van der Waals surface area contributed by atoms with E-state index < -0.39 is 21.4 Å². The molecular formula is C33H32BrF3O7S. The van der Waals surface area contributed by atoms with Crippen molar-refractivity contribution in [3.8, 4) is 39.9 Å². The normalized spacial score (nSPS) is 11.6. The zero-order valence-corrected chi connectivity index (χ0v) is 27.4. The minimum absolute atomic E-state index is 0.127. The second kappa shape index (κ2) is 14.5. The fraction of sp³-hybridized carbons (Fsp3) is 0.273. The van der Waals surface area contributed by atoms with Crippen LogP contribution in [0.1, 0.15) is 22.3 Å². The summed E-state index contributed by atoms with van der Waals surface area (Å²) in [4.78, 5) is 0. The van der Waals surface area contributed by atoms with Gasteiger partial charge in [0.1, 0.15) is 17.2 Å². The first-order chi connectivity index (χ1) is 21.4. The van der Waals surface area contributed by atoms with Crippen LogP contribution in [0.25, 0.3) is 11.1 Å². The average Bonchev–Trinajstić information content (AvgIpc) is 3.02. The van der Waals surface area contributed by atoms with Gasteiger partial charge >= 0.3 is 15.6 Å². The largest absolute Gasteiger partial charge is 0.534 e. The van der Waals surface area contributed by atoms with E-state index in [9.17, 15) is 21.6 Å². The zero-order valence-electron chi connectivity index (χ0n) is 25.0. The van der Waals surface area contributed by atoms with Crippen LogP contribution in [0.3, 0.4) is 0 Å². The number of hydrogen-bond acceptors (Lipinski definition) is 7. The van der Waals surface area contributed by atoms with E-state index in [1.165, 1.54) is 19.2 Å². The van der Waals surface area contributed by atoms with Gasteiger partial charge in [-0.25, -0.2) is 0 Å². The Morgan fingerprint density at radius 2 is 1.09 bits per heavy atom. The van der Waals surface area contributed by atoms with Gasteiger partial charge in [-0.05, 0) is 103 Å². The van der Waals surface area contributed by atoms with E-state index in [0.29, 0.717) is 29.9 Å². The highest BCUT2D eigenvalue weighted by molar-refractivity contribution is 9.10. The first-order valence-electron chi connectivity index (χ1n) is 13.7. The molecule has 0 amide bonds. The summed E-state index contributed by atoms with van der Waals surface area (Å²) in [6.45, 7) is 0. The van der Waals surface area contributed by atoms with Gasteiger partial charge < -0.3 is 23.1 Å². The fourth-order valence-corrected chi connectivity index (χ4v) is 5.69. The number of hydrogen-bond donors (Lipinski definition) is 0. The van der Waals surface area contributed by atoms with Gasteiger partial charge in [-0.3, -0.25) is 0 Å². The van der Waals surface area contributed by atoms with Gasteiger partial charge in [-0.1, -0.05) is 34.1 Å². The van der Waals surface area contributed by atoms with E-state index in [1.54, 1.807) is 21.3 Å². The van der Waals surface area contributed by atoms with Crippen molar-refractivity contribution >= 4 is 26.0 Å².